The smallest absolute Gasteiger partial charge is 0.345 e. The number of hydrogen-bond donors (Lipinski definition) is 1. The summed E-state index contributed by atoms with van der Waals surface area (Å²) in [7, 11) is 0. The zero-order valence-electron chi connectivity index (χ0n) is 8.40. The van der Waals surface area contributed by atoms with Gasteiger partial charge in [-0.05, 0) is 25.1 Å². The minimum atomic E-state index is -0.581. The molecule has 1 N–H and O–H groups in total. The van der Waals surface area contributed by atoms with Crippen LogP contribution in [0.4, 0.5) is 0 Å². The van der Waals surface area contributed by atoms with Gasteiger partial charge in [0.05, 0.1) is 5.56 Å². The van der Waals surface area contributed by atoms with E-state index >= 15 is 0 Å². The summed E-state index contributed by atoms with van der Waals surface area (Å²) in [6.07, 6.45) is 0. The van der Waals surface area contributed by atoms with Crippen molar-refractivity contribution in [2.24, 2.45) is 0 Å². The highest BCUT2D eigenvalue weighted by Gasteiger charge is 2.10. The second-order valence-electron chi connectivity index (χ2n) is 3.27. The third-order valence-corrected chi connectivity index (χ3v) is 2.60. The summed E-state index contributed by atoms with van der Waals surface area (Å²) in [5.41, 5.74) is 0.156. The van der Waals surface area contributed by atoms with Crippen molar-refractivity contribution in [2.45, 2.75) is 6.92 Å². The second kappa shape index (κ2) is 4.09. The van der Waals surface area contributed by atoms with Crippen molar-refractivity contribution in [1.82, 2.24) is 4.98 Å². The average Bonchev–Trinajstić information content (AvgIpc) is 2.25. The third kappa shape index (κ3) is 1.99. The van der Waals surface area contributed by atoms with Crippen LogP contribution in [0, 0.1) is 6.92 Å². The summed E-state index contributed by atoms with van der Waals surface area (Å²) in [6, 6.07) is 7.12. The Morgan fingerprint density at radius 1 is 1.44 bits per heavy atom. The fourth-order valence-corrected chi connectivity index (χ4v) is 1.60. The maximum atomic E-state index is 11.3. The van der Waals surface area contributed by atoms with Gasteiger partial charge < -0.3 is 9.52 Å². The molecule has 0 unspecified atom stereocenters. The van der Waals surface area contributed by atoms with Crippen molar-refractivity contribution >= 4 is 15.9 Å². The van der Waals surface area contributed by atoms with E-state index in [2.05, 4.69) is 20.9 Å². The maximum Gasteiger partial charge on any atom is 0.345 e. The topological polar surface area (TPSA) is 63.3 Å². The molecule has 2 rings (SSSR count). The summed E-state index contributed by atoms with van der Waals surface area (Å²) < 4.78 is 5.82. The lowest BCUT2D eigenvalue weighted by Crippen LogP contribution is -2.05. The summed E-state index contributed by atoms with van der Waals surface area (Å²) in [5.74, 6) is -0.194. The molecule has 0 spiro atoms. The molecular formula is C11H8BrNO3. The lowest BCUT2D eigenvalue weighted by Gasteiger charge is -2.01. The van der Waals surface area contributed by atoms with Gasteiger partial charge in [-0.25, -0.2) is 4.79 Å². The average molecular weight is 282 g/mol. The summed E-state index contributed by atoms with van der Waals surface area (Å²) in [6.45, 7) is 1.46. The highest BCUT2D eigenvalue weighted by atomic mass is 79.9. The number of aromatic nitrogens is 1. The molecule has 5 heteroatoms. The number of benzene rings is 1. The molecule has 0 radical (unpaired) electrons. The zero-order chi connectivity index (χ0) is 11.7. The highest BCUT2D eigenvalue weighted by Crippen LogP contribution is 2.22. The molecular weight excluding hydrogens is 274 g/mol. The Morgan fingerprint density at radius 2 is 2.19 bits per heavy atom. The molecule has 0 aliphatic rings. The van der Waals surface area contributed by atoms with E-state index in [4.69, 9.17) is 4.42 Å². The van der Waals surface area contributed by atoms with Crippen molar-refractivity contribution in [1.29, 1.82) is 0 Å². The number of aromatic hydroxyl groups is 1. The fraction of sp³-hybridized carbons (Fsp3) is 0.0909. The Kier molecular flexibility index (Phi) is 2.78. The Hall–Kier alpha value is -1.62. The molecule has 1 heterocycles. The molecule has 1 aromatic heterocycles. The zero-order valence-corrected chi connectivity index (χ0v) is 9.98. The first-order valence-electron chi connectivity index (χ1n) is 4.54. The van der Waals surface area contributed by atoms with Crippen LogP contribution in [0.25, 0.3) is 11.5 Å². The van der Waals surface area contributed by atoms with Crippen LogP contribution in [-0.2, 0) is 0 Å². The lowest BCUT2D eigenvalue weighted by molar-refractivity contribution is 0.414. The number of hydrogen-bond acceptors (Lipinski definition) is 4. The predicted molar refractivity (Wildman–Crippen MR) is 62.3 cm³/mol. The lowest BCUT2D eigenvalue weighted by atomic mass is 10.2. The Morgan fingerprint density at radius 3 is 2.81 bits per heavy atom. The molecule has 0 amide bonds. The van der Waals surface area contributed by atoms with Gasteiger partial charge in [0.1, 0.15) is 0 Å². The van der Waals surface area contributed by atoms with Crippen LogP contribution < -0.4 is 5.63 Å². The Bertz CT molecular complexity index is 592. The van der Waals surface area contributed by atoms with Gasteiger partial charge in [0, 0.05) is 10.0 Å². The molecule has 16 heavy (non-hydrogen) atoms. The first kappa shape index (κ1) is 10.9. The van der Waals surface area contributed by atoms with Crippen LogP contribution >= 0.6 is 15.9 Å². The molecule has 0 saturated carbocycles. The van der Waals surface area contributed by atoms with Crippen molar-refractivity contribution in [3.05, 3.63) is 44.7 Å². The summed E-state index contributed by atoms with van der Waals surface area (Å²) >= 11 is 3.30. The van der Waals surface area contributed by atoms with Crippen LogP contribution in [0.1, 0.15) is 5.56 Å². The van der Waals surface area contributed by atoms with Crippen molar-refractivity contribution in [3.8, 4) is 17.3 Å². The predicted octanol–water partition coefficient (Wildman–Crippen LogP) is 2.48. The van der Waals surface area contributed by atoms with Gasteiger partial charge in [0.2, 0.25) is 11.8 Å². The number of rotatable bonds is 1. The van der Waals surface area contributed by atoms with E-state index in [1.807, 2.05) is 6.07 Å². The molecule has 0 atom stereocenters. The normalized spacial score (nSPS) is 10.4. The molecule has 1 aromatic carbocycles. The number of halogens is 1. The van der Waals surface area contributed by atoms with Gasteiger partial charge in [-0.1, -0.05) is 22.0 Å². The summed E-state index contributed by atoms with van der Waals surface area (Å²) in [4.78, 5) is 15.2. The molecule has 0 aliphatic carbocycles. The monoisotopic (exact) mass is 281 g/mol. The van der Waals surface area contributed by atoms with Crippen LogP contribution in [-0.4, -0.2) is 10.1 Å². The van der Waals surface area contributed by atoms with Gasteiger partial charge in [-0.2, -0.15) is 4.98 Å². The molecule has 4 nitrogen and oxygen atoms in total. The largest absolute Gasteiger partial charge is 0.493 e. The third-order valence-electron chi connectivity index (χ3n) is 2.11. The highest BCUT2D eigenvalue weighted by molar-refractivity contribution is 9.10. The molecule has 0 saturated heterocycles. The quantitative estimate of drug-likeness (QED) is 0.872. The Balaban J connectivity index is 2.61. The van der Waals surface area contributed by atoms with Crippen LogP contribution in [0.5, 0.6) is 5.88 Å². The molecule has 0 aliphatic heterocycles. The van der Waals surface area contributed by atoms with E-state index < -0.39 is 5.63 Å². The van der Waals surface area contributed by atoms with Gasteiger partial charge >= 0.3 is 5.63 Å². The van der Waals surface area contributed by atoms with Crippen LogP contribution in [0.15, 0.2) is 37.9 Å². The van der Waals surface area contributed by atoms with E-state index in [-0.39, 0.29) is 17.3 Å². The number of nitrogens with zero attached hydrogens (tertiary/aromatic N) is 1. The first-order valence-corrected chi connectivity index (χ1v) is 5.34. The maximum absolute atomic E-state index is 11.3. The van der Waals surface area contributed by atoms with Crippen molar-refractivity contribution < 1.29 is 9.52 Å². The van der Waals surface area contributed by atoms with E-state index in [0.29, 0.717) is 5.56 Å². The Labute approximate surface area is 99.7 Å². The standard InChI is InChI=1S/C11H8BrNO3/c1-6-9(14)13-10(16-11(6)15)7-3-2-4-8(12)5-7/h2-5,14H,1H3. The summed E-state index contributed by atoms with van der Waals surface area (Å²) in [5, 5.41) is 9.43. The molecule has 0 bridgehead atoms. The minimum Gasteiger partial charge on any atom is -0.493 e. The van der Waals surface area contributed by atoms with Gasteiger partial charge in [0.25, 0.3) is 0 Å². The van der Waals surface area contributed by atoms with E-state index in [0.717, 1.165) is 4.47 Å². The van der Waals surface area contributed by atoms with E-state index in [1.165, 1.54) is 6.92 Å². The molecule has 0 fully saturated rings. The van der Waals surface area contributed by atoms with Crippen LogP contribution in [0.2, 0.25) is 0 Å². The van der Waals surface area contributed by atoms with Gasteiger partial charge in [0.15, 0.2) is 0 Å². The molecule has 82 valence electrons. The van der Waals surface area contributed by atoms with Crippen molar-refractivity contribution in [3.63, 3.8) is 0 Å². The minimum absolute atomic E-state index is 0.106. The van der Waals surface area contributed by atoms with E-state index in [1.54, 1.807) is 18.2 Å². The SMILES string of the molecule is Cc1c(O)nc(-c2cccc(Br)c2)oc1=O. The molecule has 2 aromatic rings. The van der Waals surface area contributed by atoms with Gasteiger partial charge in [-0.15, -0.1) is 0 Å². The second-order valence-corrected chi connectivity index (χ2v) is 4.18. The fourth-order valence-electron chi connectivity index (χ4n) is 1.20. The van der Waals surface area contributed by atoms with Crippen LogP contribution in [0.3, 0.4) is 0 Å². The van der Waals surface area contributed by atoms with Crippen molar-refractivity contribution in [2.75, 3.05) is 0 Å². The first-order chi connectivity index (χ1) is 7.58. The van der Waals surface area contributed by atoms with E-state index in [9.17, 15) is 9.90 Å². The van der Waals surface area contributed by atoms with Gasteiger partial charge in [-0.3, -0.25) is 0 Å².